The Hall–Kier alpha value is -8.66. The van der Waals surface area contributed by atoms with Crippen LogP contribution in [0, 0.1) is 13.8 Å². The Labute approximate surface area is 437 Å². The normalized spacial score (nSPS) is 16.1. The summed E-state index contributed by atoms with van der Waals surface area (Å²) in [5.41, 5.74) is 17.5. The Bertz CT molecular complexity index is 3560. The highest BCUT2D eigenvalue weighted by Gasteiger charge is 2.29. The van der Waals surface area contributed by atoms with E-state index in [4.69, 9.17) is 0 Å². The molecule has 12 rings (SSSR count). The second-order valence-corrected chi connectivity index (χ2v) is 19.9. The van der Waals surface area contributed by atoms with Gasteiger partial charge in [-0.1, -0.05) is 206 Å². The molecule has 3 aliphatic rings. The molecule has 0 heterocycles. The minimum absolute atomic E-state index is 0.131. The van der Waals surface area contributed by atoms with Crippen molar-refractivity contribution in [2.45, 2.75) is 57.5 Å². The highest BCUT2D eigenvalue weighted by molar-refractivity contribution is 6.14. The summed E-state index contributed by atoms with van der Waals surface area (Å²) in [7, 11) is 0. The van der Waals surface area contributed by atoms with Crippen LogP contribution >= 0.6 is 0 Å². The standard InChI is InChI=1S/C71H61N3/c1-51-49-67(73(58-33-17-7-18-34-58)61-43-41-55(42-44-61)71(53-25-9-3-10-26-53)54-27-11-4-12-28-54)63-37-21-23-39-65(63)69(51)70-52(2)50-68(64-38-22-24-40-66(64)70)74(59-35-19-8-20-36-59)62-47-45-60(46-48-62)72(56-29-13-5-14-30-56)57-31-15-6-16-32-57/h3-19,21-33,35,37-47,49-50,58,62,71H,20,34,36,48H2,1-2H3. The van der Waals surface area contributed by atoms with Gasteiger partial charge in [0.05, 0.1) is 12.1 Å². The molecule has 0 aromatic heterocycles. The summed E-state index contributed by atoms with van der Waals surface area (Å²) in [5, 5.41) is 5.05. The average Bonchev–Trinajstić information content (AvgIpc) is 3.46. The van der Waals surface area contributed by atoms with Crippen LogP contribution < -0.4 is 14.7 Å². The predicted molar refractivity (Wildman–Crippen MR) is 315 cm³/mol. The lowest BCUT2D eigenvalue weighted by atomic mass is 9.85. The Morgan fingerprint density at radius 3 is 1.43 bits per heavy atom. The minimum atomic E-state index is 0.131. The van der Waals surface area contributed by atoms with Gasteiger partial charge in [0.25, 0.3) is 0 Å². The molecule has 0 fully saturated rings. The number of anilines is 5. The first-order valence-corrected chi connectivity index (χ1v) is 26.4. The van der Waals surface area contributed by atoms with Gasteiger partial charge in [-0.15, -0.1) is 0 Å². The van der Waals surface area contributed by atoms with Crippen molar-refractivity contribution in [3.63, 3.8) is 0 Å². The monoisotopic (exact) mass is 955 g/mol. The molecule has 0 bridgehead atoms. The summed E-state index contributed by atoms with van der Waals surface area (Å²) in [6.45, 7) is 4.66. The Morgan fingerprint density at radius 1 is 0.432 bits per heavy atom. The maximum Gasteiger partial charge on any atom is 0.0560 e. The number of nitrogens with zero attached hydrogens (tertiary/aromatic N) is 3. The lowest BCUT2D eigenvalue weighted by Gasteiger charge is -2.38. The van der Waals surface area contributed by atoms with Crippen LogP contribution in [0.2, 0.25) is 0 Å². The van der Waals surface area contributed by atoms with Crippen LogP contribution in [0.1, 0.15) is 59.4 Å². The van der Waals surface area contributed by atoms with Crippen molar-refractivity contribution in [2.24, 2.45) is 0 Å². The number of allylic oxidation sites excluding steroid dienone is 7. The molecule has 3 aliphatic carbocycles. The van der Waals surface area contributed by atoms with Crippen molar-refractivity contribution in [2.75, 3.05) is 14.7 Å². The molecule has 0 saturated carbocycles. The number of benzene rings is 9. The van der Waals surface area contributed by atoms with Gasteiger partial charge in [-0.05, 0) is 150 Å². The van der Waals surface area contributed by atoms with E-state index >= 15 is 0 Å². The van der Waals surface area contributed by atoms with E-state index in [2.05, 4.69) is 296 Å². The first-order valence-electron chi connectivity index (χ1n) is 26.4. The molecule has 360 valence electrons. The van der Waals surface area contributed by atoms with Crippen LogP contribution in [0.25, 0.3) is 32.7 Å². The number of hydrogen-bond donors (Lipinski definition) is 0. The van der Waals surface area contributed by atoms with Crippen molar-refractivity contribution < 1.29 is 0 Å². The highest BCUT2D eigenvalue weighted by Crippen LogP contribution is 2.48. The third-order valence-electron chi connectivity index (χ3n) is 15.2. The zero-order chi connectivity index (χ0) is 49.8. The van der Waals surface area contributed by atoms with Crippen molar-refractivity contribution in [1.82, 2.24) is 0 Å². The molecule has 0 N–H and O–H groups in total. The molecule has 0 radical (unpaired) electrons. The summed E-state index contributed by atoms with van der Waals surface area (Å²) in [5.74, 6) is 0.132. The third kappa shape index (κ3) is 9.00. The topological polar surface area (TPSA) is 9.72 Å². The Balaban J connectivity index is 0.952. The van der Waals surface area contributed by atoms with E-state index in [0.717, 1.165) is 37.1 Å². The van der Waals surface area contributed by atoms with Crippen LogP contribution in [0.4, 0.5) is 28.4 Å². The fraction of sp³-hybridized carbons (Fsp3) is 0.127. The second-order valence-electron chi connectivity index (χ2n) is 19.9. The van der Waals surface area contributed by atoms with E-state index < -0.39 is 0 Å². The number of para-hydroxylation sites is 2. The maximum atomic E-state index is 2.65. The molecule has 0 spiro atoms. The SMILES string of the molecule is Cc1cc(N(C2=CC=CCC2)C2C=CC(N(c3ccccc3)c3ccccc3)=CC2)c2ccccc2c1-c1c(C)cc(N(c2ccc(C(c3ccccc3)c3ccccc3)cc2)C2C=CC=CC2)c2ccccc12. The van der Waals surface area contributed by atoms with Gasteiger partial charge >= 0.3 is 0 Å². The third-order valence-corrected chi connectivity index (χ3v) is 15.2. The molecule has 3 nitrogen and oxygen atoms in total. The van der Waals surface area contributed by atoms with Crippen LogP contribution in [0.3, 0.4) is 0 Å². The van der Waals surface area contributed by atoms with Gasteiger partial charge in [0.1, 0.15) is 0 Å². The van der Waals surface area contributed by atoms with E-state index in [-0.39, 0.29) is 18.0 Å². The largest absolute Gasteiger partial charge is 0.337 e. The van der Waals surface area contributed by atoms with Gasteiger partial charge in [-0.2, -0.15) is 0 Å². The molecule has 0 aliphatic heterocycles. The van der Waals surface area contributed by atoms with Gasteiger partial charge in [0.15, 0.2) is 0 Å². The van der Waals surface area contributed by atoms with E-state index in [1.54, 1.807) is 0 Å². The zero-order valence-electron chi connectivity index (χ0n) is 42.3. The number of aryl methyl sites for hydroxylation is 2. The Morgan fingerprint density at radius 2 is 0.932 bits per heavy atom. The molecule has 0 saturated heterocycles. The van der Waals surface area contributed by atoms with Crippen molar-refractivity contribution >= 4 is 50.0 Å². The predicted octanol–water partition coefficient (Wildman–Crippen LogP) is 18.6. The zero-order valence-corrected chi connectivity index (χ0v) is 42.3. The lowest BCUT2D eigenvalue weighted by molar-refractivity contribution is 0.717. The van der Waals surface area contributed by atoms with Crippen molar-refractivity contribution in [3.8, 4) is 11.1 Å². The molecule has 9 aromatic rings. The molecule has 74 heavy (non-hydrogen) atoms. The van der Waals surface area contributed by atoms with Gasteiger partial charge < -0.3 is 14.7 Å². The van der Waals surface area contributed by atoms with Crippen molar-refractivity contribution in [3.05, 3.63) is 306 Å². The number of fused-ring (bicyclic) bond motifs is 2. The van der Waals surface area contributed by atoms with Gasteiger partial charge in [-0.3, -0.25) is 0 Å². The number of rotatable bonds is 13. The molecule has 9 aromatic carbocycles. The van der Waals surface area contributed by atoms with E-state index in [1.165, 1.54) is 88.9 Å². The van der Waals surface area contributed by atoms with E-state index in [9.17, 15) is 0 Å². The van der Waals surface area contributed by atoms with Crippen LogP contribution in [-0.4, -0.2) is 12.1 Å². The fourth-order valence-corrected chi connectivity index (χ4v) is 11.9. The smallest absolute Gasteiger partial charge is 0.0560 e. The molecule has 2 atom stereocenters. The van der Waals surface area contributed by atoms with Crippen LogP contribution in [-0.2, 0) is 0 Å². The molecule has 2 unspecified atom stereocenters. The quantitative estimate of drug-likeness (QED) is 0.107. The summed E-state index contributed by atoms with van der Waals surface area (Å²) < 4.78 is 0. The first kappa shape index (κ1) is 46.4. The average molecular weight is 956 g/mol. The van der Waals surface area contributed by atoms with Crippen LogP contribution in [0.15, 0.2) is 278 Å². The lowest BCUT2D eigenvalue weighted by Crippen LogP contribution is -2.35. The van der Waals surface area contributed by atoms with E-state index in [1.807, 2.05) is 0 Å². The number of hydrogen-bond acceptors (Lipinski definition) is 3. The summed E-state index contributed by atoms with van der Waals surface area (Å²) >= 11 is 0. The van der Waals surface area contributed by atoms with Gasteiger partial charge in [0.2, 0.25) is 0 Å². The van der Waals surface area contributed by atoms with Crippen LogP contribution in [0.5, 0.6) is 0 Å². The molecular weight excluding hydrogens is 895 g/mol. The summed E-state index contributed by atoms with van der Waals surface area (Å²) in [4.78, 5) is 7.60. The van der Waals surface area contributed by atoms with E-state index in [0.29, 0.717) is 0 Å². The maximum absolute atomic E-state index is 2.65. The minimum Gasteiger partial charge on any atom is -0.337 e. The molecule has 3 heteroatoms. The Kier molecular flexibility index (Phi) is 13.1. The summed E-state index contributed by atoms with van der Waals surface area (Å²) in [6.07, 6.45) is 26.9. The first-order chi connectivity index (χ1) is 36.6. The summed E-state index contributed by atoms with van der Waals surface area (Å²) in [6, 6.07) is 76.1. The highest BCUT2D eigenvalue weighted by atomic mass is 15.2. The van der Waals surface area contributed by atoms with Gasteiger partial charge in [-0.25, -0.2) is 0 Å². The fourth-order valence-electron chi connectivity index (χ4n) is 11.9. The molecule has 0 amide bonds. The molecular formula is C71H61N3. The van der Waals surface area contributed by atoms with Crippen molar-refractivity contribution in [1.29, 1.82) is 0 Å². The van der Waals surface area contributed by atoms with Gasteiger partial charge in [0, 0.05) is 56.5 Å². The second kappa shape index (κ2) is 20.8.